The summed E-state index contributed by atoms with van der Waals surface area (Å²) in [5.41, 5.74) is 1.81. The number of halogens is 1. The first-order chi connectivity index (χ1) is 12.1. The highest BCUT2D eigenvalue weighted by atomic mass is 19.1. The zero-order valence-electron chi connectivity index (χ0n) is 14.6. The lowest BCUT2D eigenvalue weighted by atomic mass is 10.1. The molecule has 0 aliphatic heterocycles. The molecule has 0 aromatic heterocycles. The van der Waals surface area contributed by atoms with Crippen molar-refractivity contribution in [1.82, 2.24) is 10.6 Å². The Kier molecular flexibility index (Phi) is 7.07. The molecule has 0 amide bonds. The highest BCUT2D eigenvalue weighted by Crippen LogP contribution is 2.17. The molecular formula is C19H24FN3O2. The Morgan fingerprint density at radius 3 is 2.72 bits per heavy atom. The molecule has 2 aromatic carbocycles. The smallest absolute Gasteiger partial charge is 0.191 e. The van der Waals surface area contributed by atoms with Gasteiger partial charge in [0.1, 0.15) is 5.75 Å². The molecule has 0 heterocycles. The van der Waals surface area contributed by atoms with Crippen molar-refractivity contribution in [2.45, 2.75) is 19.9 Å². The summed E-state index contributed by atoms with van der Waals surface area (Å²) in [4.78, 5) is 4.44. The van der Waals surface area contributed by atoms with Crippen molar-refractivity contribution in [2.24, 2.45) is 4.99 Å². The molecule has 6 heteroatoms. The van der Waals surface area contributed by atoms with Gasteiger partial charge in [-0.2, -0.15) is 0 Å². The monoisotopic (exact) mass is 345 g/mol. The molecule has 0 atom stereocenters. The Bertz CT molecular complexity index is 720. The number of aromatic hydroxyl groups is 1. The van der Waals surface area contributed by atoms with E-state index in [9.17, 15) is 9.50 Å². The van der Waals surface area contributed by atoms with Crippen molar-refractivity contribution in [3.05, 3.63) is 59.4 Å². The van der Waals surface area contributed by atoms with Gasteiger partial charge in [-0.15, -0.1) is 0 Å². The van der Waals surface area contributed by atoms with Gasteiger partial charge in [-0.1, -0.05) is 24.3 Å². The number of ether oxygens (including phenoxy) is 1. The number of hydrogen-bond donors (Lipinski definition) is 3. The van der Waals surface area contributed by atoms with Crippen LogP contribution < -0.4 is 15.4 Å². The summed E-state index contributed by atoms with van der Waals surface area (Å²) >= 11 is 0. The molecule has 0 aliphatic rings. The highest BCUT2D eigenvalue weighted by molar-refractivity contribution is 5.79. The van der Waals surface area contributed by atoms with Crippen LogP contribution >= 0.6 is 0 Å². The fourth-order valence-electron chi connectivity index (χ4n) is 2.39. The van der Waals surface area contributed by atoms with Crippen molar-refractivity contribution in [2.75, 3.05) is 20.2 Å². The predicted molar refractivity (Wildman–Crippen MR) is 97.6 cm³/mol. The first kappa shape index (κ1) is 18.6. The third-order valence-corrected chi connectivity index (χ3v) is 3.66. The number of benzene rings is 2. The minimum atomic E-state index is -0.637. The summed E-state index contributed by atoms with van der Waals surface area (Å²) < 4.78 is 18.7. The lowest BCUT2D eigenvalue weighted by Crippen LogP contribution is -2.38. The Hall–Kier alpha value is -2.76. The summed E-state index contributed by atoms with van der Waals surface area (Å²) in [6, 6.07) is 12.2. The van der Waals surface area contributed by atoms with Crippen LogP contribution in [0.3, 0.4) is 0 Å². The minimum Gasteiger partial charge on any atom is -0.505 e. The lowest BCUT2D eigenvalue weighted by Gasteiger charge is -2.13. The Morgan fingerprint density at radius 2 is 2.00 bits per heavy atom. The van der Waals surface area contributed by atoms with Crippen LogP contribution in [0.1, 0.15) is 18.1 Å². The van der Waals surface area contributed by atoms with E-state index in [-0.39, 0.29) is 5.75 Å². The largest absolute Gasteiger partial charge is 0.505 e. The van der Waals surface area contributed by atoms with Gasteiger partial charge in [-0.05, 0) is 42.7 Å². The number of methoxy groups -OCH3 is 1. The molecule has 0 radical (unpaired) electrons. The van der Waals surface area contributed by atoms with E-state index in [1.165, 1.54) is 12.1 Å². The molecule has 0 saturated heterocycles. The molecule has 3 N–H and O–H groups in total. The zero-order chi connectivity index (χ0) is 18.1. The second-order valence-electron chi connectivity index (χ2n) is 5.47. The van der Waals surface area contributed by atoms with Crippen LogP contribution in [0, 0.1) is 5.82 Å². The van der Waals surface area contributed by atoms with Crippen LogP contribution in [0.15, 0.2) is 47.5 Å². The van der Waals surface area contributed by atoms with E-state index >= 15 is 0 Å². The molecular weight excluding hydrogens is 321 g/mol. The fourth-order valence-corrected chi connectivity index (χ4v) is 2.39. The van der Waals surface area contributed by atoms with Gasteiger partial charge in [-0.25, -0.2) is 9.38 Å². The van der Waals surface area contributed by atoms with Crippen molar-refractivity contribution in [3.63, 3.8) is 0 Å². The Labute approximate surface area is 147 Å². The summed E-state index contributed by atoms with van der Waals surface area (Å²) in [6.45, 7) is 3.72. The zero-order valence-corrected chi connectivity index (χ0v) is 14.6. The number of rotatable bonds is 7. The Morgan fingerprint density at radius 1 is 1.20 bits per heavy atom. The van der Waals surface area contributed by atoms with Gasteiger partial charge < -0.3 is 20.5 Å². The normalized spacial score (nSPS) is 11.2. The maximum Gasteiger partial charge on any atom is 0.191 e. The van der Waals surface area contributed by atoms with E-state index in [0.29, 0.717) is 24.6 Å². The van der Waals surface area contributed by atoms with E-state index in [4.69, 9.17) is 4.74 Å². The molecule has 5 nitrogen and oxygen atoms in total. The van der Waals surface area contributed by atoms with Gasteiger partial charge in [0.15, 0.2) is 17.5 Å². The molecule has 0 bridgehead atoms. The topological polar surface area (TPSA) is 65.9 Å². The van der Waals surface area contributed by atoms with Gasteiger partial charge in [0.2, 0.25) is 0 Å². The number of phenolic OH excluding ortho intramolecular Hbond substituents is 1. The molecule has 2 aromatic rings. The minimum absolute atomic E-state index is 0.321. The average Bonchev–Trinajstić information content (AvgIpc) is 2.63. The SMILES string of the molecule is CCNC(=NCc1ccc(O)c(F)c1)NCCc1ccccc1OC. The standard InChI is InChI=1S/C19H24FN3O2/c1-3-21-19(23-13-14-8-9-17(24)16(20)12-14)22-11-10-15-6-4-5-7-18(15)25-2/h4-9,12,24H,3,10-11,13H2,1-2H3,(H2,21,22,23). The molecule has 0 unspecified atom stereocenters. The lowest BCUT2D eigenvalue weighted by molar-refractivity contribution is 0.409. The summed E-state index contributed by atoms with van der Waals surface area (Å²) in [7, 11) is 1.66. The van der Waals surface area contributed by atoms with E-state index in [1.54, 1.807) is 13.2 Å². The van der Waals surface area contributed by atoms with E-state index in [0.717, 1.165) is 24.3 Å². The van der Waals surface area contributed by atoms with Gasteiger partial charge in [0.25, 0.3) is 0 Å². The highest BCUT2D eigenvalue weighted by Gasteiger charge is 2.04. The van der Waals surface area contributed by atoms with Crippen LogP contribution in [0.2, 0.25) is 0 Å². The second kappa shape index (κ2) is 9.52. The molecule has 0 aliphatic carbocycles. The maximum absolute atomic E-state index is 13.4. The van der Waals surface area contributed by atoms with Crippen molar-refractivity contribution >= 4 is 5.96 Å². The summed E-state index contributed by atoms with van der Waals surface area (Å²) in [5, 5.41) is 15.6. The predicted octanol–water partition coefficient (Wildman–Crippen LogP) is 2.84. The van der Waals surface area contributed by atoms with Crippen LogP contribution in [-0.2, 0) is 13.0 Å². The van der Waals surface area contributed by atoms with Gasteiger partial charge >= 0.3 is 0 Å². The van der Waals surface area contributed by atoms with Gasteiger partial charge in [0, 0.05) is 13.1 Å². The number of nitrogens with one attached hydrogen (secondary N) is 2. The molecule has 134 valence electrons. The van der Waals surface area contributed by atoms with Crippen LogP contribution in [0.25, 0.3) is 0 Å². The number of para-hydroxylation sites is 1. The number of nitrogens with zero attached hydrogens (tertiary/aromatic N) is 1. The van der Waals surface area contributed by atoms with Crippen LogP contribution in [-0.4, -0.2) is 31.3 Å². The van der Waals surface area contributed by atoms with E-state index in [2.05, 4.69) is 15.6 Å². The molecule has 25 heavy (non-hydrogen) atoms. The molecule has 0 saturated carbocycles. The quantitative estimate of drug-likeness (QED) is 0.533. The molecule has 0 fully saturated rings. The fraction of sp³-hybridized carbons (Fsp3) is 0.316. The third-order valence-electron chi connectivity index (χ3n) is 3.66. The van der Waals surface area contributed by atoms with Crippen molar-refractivity contribution < 1.29 is 14.2 Å². The van der Waals surface area contributed by atoms with Crippen LogP contribution in [0.5, 0.6) is 11.5 Å². The van der Waals surface area contributed by atoms with Crippen molar-refractivity contribution in [1.29, 1.82) is 0 Å². The van der Waals surface area contributed by atoms with E-state index < -0.39 is 5.82 Å². The van der Waals surface area contributed by atoms with Crippen molar-refractivity contribution in [3.8, 4) is 11.5 Å². The average molecular weight is 345 g/mol. The first-order valence-electron chi connectivity index (χ1n) is 8.25. The Balaban J connectivity index is 1.94. The van der Waals surface area contributed by atoms with Crippen LogP contribution in [0.4, 0.5) is 4.39 Å². The maximum atomic E-state index is 13.4. The number of phenols is 1. The molecule has 2 rings (SSSR count). The number of guanidine groups is 1. The first-order valence-corrected chi connectivity index (χ1v) is 8.25. The summed E-state index contributed by atoms with van der Waals surface area (Å²) in [6.07, 6.45) is 0.794. The third kappa shape index (κ3) is 5.67. The van der Waals surface area contributed by atoms with Gasteiger partial charge in [0.05, 0.1) is 13.7 Å². The second-order valence-corrected chi connectivity index (χ2v) is 5.47. The number of hydrogen-bond acceptors (Lipinski definition) is 3. The molecule has 0 spiro atoms. The summed E-state index contributed by atoms with van der Waals surface area (Å²) in [5.74, 6) is 0.535. The van der Waals surface area contributed by atoms with E-state index in [1.807, 2.05) is 31.2 Å². The number of aliphatic imine (C=N–C) groups is 1. The van der Waals surface area contributed by atoms with Gasteiger partial charge in [-0.3, -0.25) is 0 Å².